The van der Waals surface area contributed by atoms with E-state index in [1.165, 1.54) is 4.90 Å². The zero-order valence-electron chi connectivity index (χ0n) is 13.0. The largest absolute Gasteiger partial charge is 0.455 e. The molecule has 0 spiro atoms. The van der Waals surface area contributed by atoms with Crippen molar-refractivity contribution in [1.29, 1.82) is 0 Å². The molecule has 1 aromatic rings. The van der Waals surface area contributed by atoms with Crippen LogP contribution in [0.25, 0.3) is 0 Å². The van der Waals surface area contributed by atoms with Gasteiger partial charge in [0, 0.05) is 12.3 Å². The summed E-state index contributed by atoms with van der Waals surface area (Å²) in [7, 11) is 2.22. The Kier molecular flexibility index (Phi) is 4.48. The minimum Gasteiger partial charge on any atom is -0.455 e. The number of benzene rings is 1. The predicted molar refractivity (Wildman–Crippen MR) is 79.9 cm³/mol. The number of quaternary nitrogens is 1. The molecule has 1 aromatic carbocycles. The number of hydrogen-bond donors (Lipinski definition) is 1. The van der Waals surface area contributed by atoms with Crippen LogP contribution in [-0.2, 0) is 4.74 Å². The summed E-state index contributed by atoms with van der Waals surface area (Å²) in [4.78, 5) is 13.9. The first kappa shape index (κ1) is 15.0. The second-order valence-electron chi connectivity index (χ2n) is 6.23. The fourth-order valence-corrected chi connectivity index (χ4v) is 3.29. The second-order valence-corrected chi connectivity index (χ2v) is 6.23. The maximum absolute atomic E-state index is 12.4. The first-order valence-electron chi connectivity index (χ1n) is 7.59. The van der Waals surface area contributed by atoms with Crippen LogP contribution >= 0.6 is 0 Å². The highest BCUT2D eigenvalue weighted by Gasteiger charge is 2.47. The number of carbonyl (C=O) groups is 1. The van der Waals surface area contributed by atoms with Gasteiger partial charge in [-0.25, -0.2) is 4.79 Å². The van der Waals surface area contributed by atoms with E-state index in [1.54, 1.807) is 0 Å². The van der Waals surface area contributed by atoms with Crippen molar-refractivity contribution in [3.05, 3.63) is 35.9 Å². The molecule has 3 nitrogen and oxygen atoms in total. The van der Waals surface area contributed by atoms with E-state index in [1.807, 2.05) is 30.3 Å². The maximum Gasteiger partial charge on any atom is 0.338 e. The molecule has 1 aliphatic heterocycles. The van der Waals surface area contributed by atoms with E-state index >= 15 is 0 Å². The van der Waals surface area contributed by atoms with E-state index in [0.29, 0.717) is 17.5 Å². The lowest BCUT2D eigenvalue weighted by Gasteiger charge is -2.45. The van der Waals surface area contributed by atoms with Gasteiger partial charge in [-0.15, -0.1) is 0 Å². The van der Waals surface area contributed by atoms with Crippen LogP contribution in [0.1, 0.15) is 44.0 Å². The SMILES string of the molecule is CC[C@]1(OC(=O)c2ccccc2)C[C@H](C)[NH+](C)C[C@@H]1C. The summed E-state index contributed by atoms with van der Waals surface area (Å²) in [5.41, 5.74) is 0.331. The molecule has 3 heteroatoms. The van der Waals surface area contributed by atoms with E-state index < -0.39 is 0 Å². The normalized spacial score (nSPS) is 33.7. The fraction of sp³-hybridized carbons (Fsp3) is 0.588. The van der Waals surface area contributed by atoms with Crippen LogP contribution in [0.2, 0.25) is 0 Å². The lowest BCUT2D eigenvalue weighted by atomic mass is 9.77. The molecule has 1 unspecified atom stereocenters. The number of rotatable bonds is 3. The number of nitrogens with one attached hydrogen (secondary N) is 1. The van der Waals surface area contributed by atoms with Crippen molar-refractivity contribution in [1.82, 2.24) is 0 Å². The third kappa shape index (κ3) is 2.88. The van der Waals surface area contributed by atoms with E-state index in [9.17, 15) is 4.79 Å². The van der Waals surface area contributed by atoms with Crippen molar-refractivity contribution in [3.63, 3.8) is 0 Å². The molecule has 1 fully saturated rings. The number of likely N-dealkylation sites (tertiary alicyclic amines) is 1. The number of carbonyl (C=O) groups excluding carboxylic acids is 1. The van der Waals surface area contributed by atoms with Crippen LogP contribution in [0.15, 0.2) is 30.3 Å². The standard InChI is InChI=1S/C17H25NO2/c1-5-17(11-14(3)18(4)12-13(17)2)20-16(19)15-9-7-6-8-10-15/h6-10,13-14H,5,11-12H2,1-4H3/p+1/t13-,14-,17-/m0/s1. The molecule has 1 N–H and O–H groups in total. The second kappa shape index (κ2) is 5.96. The quantitative estimate of drug-likeness (QED) is 0.855. The molecule has 0 bridgehead atoms. The molecule has 4 atom stereocenters. The molecule has 1 saturated heterocycles. The van der Waals surface area contributed by atoms with Crippen molar-refractivity contribution in [2.24, 2.45) is 5.92 Å². The van der Waals surface area contributed by atoms with Gasteiger partial charge in [0.15, 0.2) is 0 Å². The summed E-state index contributed by atoms with van der Waals surface area (Å²) in [6.45, 7) is 7.62. The molecule has 0 aliphatic carbocycles. The van der Waals surface area contributed by atoms with E-state index in [0.717, 1.165) is 19.4 Å². The lowest BCUT2D eigenvalue weighted by molar-refractivity contribution is -0.915. The van der Waals surface area contributed by atoms with Crippen molar-refractivity contribution >= 4 is 5.97 Å². The van der Waals surface area contributed by atoms with Gasteiger partial charge in [-0.1, -0.05) is 32.0 Å². The van der Waals surface area contributed by atoms with E-state index in [4.69, 9.17) is 4.74 Å². The number of esters is 1. The van der Waals surface area contributed by atoms with Crippen molar-refractivity contribution in [3.8, 4) is 0 Å². The van der Waals surface area contributed by atoms with Crippen LogP contribution in [-0.4, -0.2) is 31.2 Å². The summed E-state index contributed by atoms with van der Waals surface area (Å²) in [5, 5.41) is 0. The Morgan fingerprint density at radius 1 is 1.35 bits per heavy atom. The van der Waals surface area contributed by atoms with Crippen LogP contribution in [0.4, 0.5) is 0 Å². The third-order valence-corrected chi connectivity index (χ3v) is 4.92. The van der Waals surface area contributed by atoms with Crippen molar-refractivity contribution in [2.45, 2.75) is 45.3 Å². The Labute approximate surface area is 121 Å². The van der Waals surface area contributed by atoms with Gasteiger partial charge >= 0.3 is 5.97 Å². The van der Waals surface area contributed by atoms with Gasteiger partial charge in [0.05, 0.1) is 25.2 Å². The molecular formula is C17H26NO2+. The predicted octanol–water partition coefficient (Wildman–Crippen LogP) is 1.94. The van der Waals surface area contributed by atoms with E-state index in [-0.39, 0.29) is 11.6 Å². The van der Waals surface area contributed by atoms with Gasteiger partial charge in [0.2, 0.25) is 0 Å². The van der Waals surface area contributed by atoms with Gasteiger partial charge in [0.25, 0.3) is 0 Å². The molecule has 0 radical (unpaired) electrons. The molecule has 110 valence electrons. The Hall–Kier alpha value is -1.35. The first-order chi connectivity index (χ1) is 9.48. The average molecular weight is 276 g/mol. The molecule has 1 aliphatic rings. The molecule has 2 rings (SSSR count). The van der Waals surface area contributed by atoms with Gasteiger partial charge in [-0.05, 0) is 25.5 Å². The monoisotopic (exact) mass is 276 g/mol. The lowest BCUT2D eigenvalue weighted by Crippen LogP contribution is -3.15. The minimum atomic E-state index is -0.314. The molecule has 0 aromatic heterocycles. The van der Waals surface area contributed by atoms with Gasteiger partial charge in [-0.3, -0.25) is 0 Å². The number of piperidine rings is 1. The molecule has 20 heavy (non-hydrogen) atoms. The fourth-order valence-electron chi connectivity index (χ4n) is 3.29. The highest BCUT2D eigenvalue weighted by molar-refractivity contribution is 5.89. The topological polar surface area (TPSA) is 30.7 Å². The Morgan fingerprint density at radius 2 is 2.00 bits per heavy atom. The van der Waals surface area contributed by atoms with Crippen LogP contribution < -0.4 is 4.90 Å². The Morgan fingerprint density at radius 3 is 2.60 bits per heavy atom. The van der Waals surface area contributed by atoms with Crippen LogP contribution in [0, 0.1) is 5.92 Å². The third-order valence-electron chi connectivity index (χ3n) is 4.92. The minimum absolute atomic E-state index is 0.189. The maximum atomic E-state index is 12.4. The van der Waals surface area contributed by atoms with Crippen molar-refractivity contribution < 1.29 is 14.4 Å². The smallest absolute Gasteiger partial charge is 0.338 e. The molecule has 1 heterocycles. The van der Waals surface area contributed by atoms with Gasteiger partial charge in [-0.2, -0.15) is 0 Å². The Bertz CT molecular complexity index is 459. The highest BCUT2D eigenvalue weighted by Crippen LogP contribution is 2.33. The molecule has 0 amide bonds. The van der Waals surface area contributed by atoms with Crippen molar-refractivity contribution in [2.75, 3.05) is 13.6 Å². The summed E-state index contributed by atoms with van der Waals surface area (Å²) < 4.78 is 5.99. The van der Waals surface area contributed by atoms with E-state index in [2.05, 4.69) is 27.8 Å². The van der Waals surface area contributed by atoms with Gasteiger partial charge in [0.1, 0.15) is 5.60 Å². The zero-order chi connectivity index (χ0) is 14.8. The summed E-state index contributed by atoms with van der Waals surface area (Å²) in [6, 6.07) is 9.82. The summed E-state index contributed by atoms with van der Waals surface area (Å²) >= 11 is 0. The number of hydrogen-bond acceptors (Lipinski definition) is 2. The summed E-state index contributed by atoms with van der Waals surface area (Å²) in [6.07, 6.45) is 1.82. The first-order valence-corrected chi connectivity index (χ1v) is 7.59. The number of ether oxygens (including phenoxy) is 1. The van der Waals surface area contributed by atoms with Gasteiger partial charge < -0.3 is 9.64 Å². The highest BCUT2D eigenvalue weighted by atomic mass is 16.6. The molecular weight excluding hydrogens is 250 g/mol. The van der Waals surface area contributed by atoms with Crippen LogP contribution in [0.5, 0.6) is 0 Å². The summed E-state index contributed by atoms with van der Waals surface area (Å²) in [5.74, 6) is 0.197. The van der Waals surface area contributed by atoms with Crippen LogP contribution in [0.3, 0.4) is 0 Å². The zero-order valence-corrected chi connectivity index (χ0v) is 13.0. The molecule has 0 saturated carbocycles. The average Bonchev–Trinajstić information content (AvgIpc) is 2.45. The Balaban J connectivity index is 2.17.